The van der Waals surface area contributed by atoms with Gasteiger partial charge in [0.15, 0.2) is 0 Å². The molecule has 23 heavy (non-hydrogen) atoms. The molecule has 0 saturated carbocycles. The van der Waals surface area contributed by atoms with Gasteiger partial charge < -0.3 is 16.0 Å². The third kappa shape index (κ3) is 3.34. The van der Waals surface area contributed by atoms with Gasteiger partial charge in [-0.2, -0.15) is 0 Å². The van der Waals surface area contributed by atoms with Crippen molar-refractivity contribution in [1.82, 2.24) is 5.32 Å². The van der Waals surface area contributed by atoms with Gasteiger partial charge in [0.25, 0.3) is 0 Å². The lowest BCUT2D eigenvalue weighted by Crippen LogP contribution is -2.38. The van der Waals surface area contributed by atoms with Gasteiger partial charge in [0.2, 0.25) is 5.91 Å². The highest BCUT2D eigenvalue weighted by Gasteiger charge is 2.27. The number of urea groups is 1. The minimum atomic E-state index is -0.631. The van der Waals surface area contributed by atoms with Crippen LogP contribution in [0.4, 0.5) is 10.5 Å². The van der Waals surface area contributed by atoms with Crippen LogP contribution in [-0.2, 0) is 11.2 Å². The molecule has 3 rings (SSSR count). The number of fused-ring (bicyclic) bond motifs is 1. The van der Waals surface area contributed by atoms with Gasteiger partial charge in [-0.05, 0) is 23.6 Å². The Morgan fingerprint density at radius 3 is 2.52 bits per heavy atom. The number of anilines is 1. The lowest BCUT2D eigenvalue weighted by atomic mass is 10.0. The second-order valence-electron chi connectivity index (χ2n) is 5.60. The molecule has 5 heteroatoms. The SMILES string of the molecule is NC(=O)N[C@H](CC(=O)N1CCc2ccccc21)c1ccccc1. The van der Waals surface area contributed by atoms with E-state index >= 15 is 0 Å². The molecule has 0 bridgehead atoms. The number of carbonyl (C=O) groups is 2. The summed E-state index contributed by atoms with van der Waals surface area (Å²) in [4.78, 5) is 25.8. The Kier molecular flexibility index (Phi) is 4.28. The van der Waals surface area contributed by atoms with Crippen molar-refractivity contribution in [2.75, 3.05) is 11.4 Å². The first kappa shape index (κ1) is 15.1. The summed E-state index contributed by atoms with van der Waals surface area (Å²) in [5, 5.41) is 2.67. The van der Waals surface area contributed by atoms with E-state index in [9.17, 15) is 9.59 Å². The third-order valence-corrected chi connectivity index (χ3v) is 4.09. The Hall–Kier alpha value is -2.82. The van der Waals surface area contributed by atoms with E-state index in [4.69, 9.17) is 5.73 Å². The van der Waals surface area contributed by atoms with E-state index in [0.717, 1.165) is 17.7 Å². The molecule has 0 radical (unpaired) electrons. The molecule has 0 unspecified atom stereocenters. The fraction of sp³-hybridized carbons (Fsp3) is 0.222. The summed E-state index contributed by atoms with van der Waals surface area (Å²) in [6.07, 6.45) is 1.04. The van der Waals surface area contributed by atoms with Gasteiger partial charge in [-0.15, -0.1) is 0 Å². The Morgan fingerprint density at radius 1 is 1.09 bits per heavy atom. The van der Waals surface area contributed by atoms with Crippen LogP contribution in [0.15, 0.2) is 54.6 Å². The predicted molar refractivity (Wildman–Crippen MR) is 89.0 cm³/mol. The largest absolute Gasteiger partial charge is 0.352 e. The van der Waals surface area contributed by atoms with Gasteiger partial charge in [0.05, 0.1) is 12.5 Å². The number of benzene rings is 2. The summed E-state index contributed by atoms with van der Waals surface area (Å²) < 4.78 is 0. The van der Waals surface area contributed by atoms with E-state index in [1.54, 1.807) is 4.90 Å². The van der Waals surface area contributed by atoms with Gasteiger partial charge in [-0.25, -0.2) is 4.79 Å². The maximum absolute atomic E-state index is 12.7. The van der Waals surface area contributed by atoms with Gasteiger partial charge in [0, 0.05) is 12.2 Å². The van der Waals surface area contributed by atoms with Crippen molar-refractivity contribution < 1.29 is 9.59 Å². The average Bonchev–Trinajstić information content (AvgIpc) is 2.99. The van der Waals surface area contributed by atoms with Crippen LogP contribution in [0.1, 0.15) is 23.6 Å². The summed E-state index contributed by atoms with van der Waals surface area (Å²) in [5.41, 5.74) is 8.27. The zero-order valence-corrected chi connectivity index (χ0v) is 12.7. The number of nitrogens with one attached hydrogen (secondary N) is 1. The summed E-state index contributed by atoms with van der Waals surface area (Å²) in [5.74, 6) is -0.0162. The minimum absolute atomic E-state index is 0.0162. The number of hydrogen-bond acceptors (Lipinski definition) is 2. The van der Waals surface area contributed by atoms with Crippen LogP contribution in [0.2, 0.25) is 0 Å². The smallest absolute Gasteiger partial charge is 0.312 e. The first-order valence-electron chi connectivity index (χ1n) is 7.64. The molecule has 5 nitrogen and oxygen atoms in total. The molecule has 1 aliphatic heterocycles. The average molecular weight is 309 g/mol. The number of nitrogens with two attached hydrogens (primary N) is 1. The molecule has 1 aliphatic rings. The van der Waals surface area contributed by atoms with Gasteiger partial charge in [0.1, 0.15) is 0 Å². The van der Waals surface area contributed by atoms with Crippen molar-refractivity contribution in [3.05, 3.63) is 65.7 Å². The fourth-order valence-corrected chi connectivity index (χ4v) is 2.99. The quantitative estimate of drug-likeness (QED) is 0.910. The lowest BCUT2D eigenvalue weighted by molar-refractivity contribution is -0.119. The first-order valence-corrected chi connectivity index (χ1v) is 7.64. The molecule has 2 aromatic carbocycles. The van der Waals surface area contributed by atoms with Gasteiger partial charge in [-0.3, -0.25) is 4.79 Å². The highest BCUT2D eigenvalue weighted by atomic mass is 16.2. The van der Waals surface area contributed by atoms with Crippen molar-refractivity contribution in [2.45, 2.75) is 18.9 Å². The van der Waals surface area contributed by atoms with E-state index < -0.39 is 12.1 Å². The molecule has 3 N–H and O–H groups in total. The fourth-order valence-electron chi connectivity index (χ4n) is 2.99. The van der Waals surface area contributed by atoms with Crippen molar-refractivity contribution in [1.29, 1.82) is 0 Å². The first-order chi connectivity index (χ1) is 11.1. The van der Waals surface area contributed by atoms with Crippen LogP contribution < -0.4 is 16.0 Å². The molecule has 0 saturated heterocycles. The van der Waals surface area contributed by atoms with Crippen molar-refractivity contribution in [3.8, 4) is 0 Å². The molecule has 3 amide bonds. The molecule has 1 heterocycles. The van der Waals surface area contributed by atoms with Crippen molar-refractivity contribution in [3.63, 3.8) is 0 Å². The number of rotatable bonds is 4. The second kappa shape index (κ2) is 6.52. The standard InChI is InChI=1S/C18H19N3O2/c19-18(23)20-15(13-6-2-1-3-7-13)12-17(22)21-11-10-14-8-4-5-9-16(14)21/h1-9,15H,10-12H2,(H3,19,20,23)/t15-/m1/s1. The third-order valence-electron chi connectivity index (χ3n) is 4.09. The van der Waals surface area contributed by atoms with Crippen LogP contribution in [0.5, 0.6) is 0 Å². The maximum Gasteiger partial charge on any atom is 0.312 e. The monoisotopic (exact) mass is 309 g/mol. The Bertz CT molecular complexity index is 715. The topological polar surface area (TPSA) is 75.4 Å². The zero-order valence-electron chi connectivity index (χ0n) is 12.7. The Labute approximate surface area is 135 Å². The van der Waals surface area contributed by atoms with E-state index in [1.165, 1.54) is 5.56 Å². The number of nitrogens with zero attached hydrogens (tertiary/aromatic N) is 1. The van der Waals surface area contributed by atoms with Crippen LogP contribution in [0, 0.1) is 0 Å². The molecule has 2 aromatic rings. The molecule has 1 atom stereocenters. The molecule has 0 aliphatic carbocycles. The summed E-state index contributed by atoms with van der Waals surface area (Å²) in [6, 6.07) is 16.3. The molecule has 0 spiro atoms. The number of amides is 3. The summed E-state index contributed by atoms with van der Waals surface area (Å²) in [7, 11) is 0. The second-order valence-corrected chi connectivity index (χ2v) is 5.60. The van der Waals surface area contributed by atoms with E-state index in [1.807, 2.05) is 54.6 Å². The van der Waals surface area contributed by atoms with Crippen molar-refractivity contribution >= 4 is 17.6 Å². The maximum atomic E-state index is 12.7. The number of hydrogen-bond donors (Lipinski definition) is 2. The van der Waals surface area contributed by atoms with Gasteiger partial charge >= 0.3 is 6.03 Å². The molecular weight excluding hydrogens is 290 g/mol. The van der Waals surface area contributed by atoms with E-state index in [0.29, 0.717) is 6.54 Å². The summed E-state index contributed by atoms with van der Waals surface area (Å²) >= 11 is 0. The summed E-state index contributed by atoms with van der Waals surface area (Å²) in [6.45, 7) is 0.677. The molecule has 118 valence electrons. The van der Waals surface area contributed by atoms with Crippen LogP contribution >= 0.6 is 0 Å². The van der Waals surface area contributed by atoms with E-state index in [2.05, 4.69) is 5.32 Å². The lowest BCUT2D eigenvalue weighted by Gasteiger charge is -2.22. The van der Waals surface area contributed by atoms with Crippen LogP contribution in [0.3, 0.4) is 0 Å². The zero-order chi connectivity index (χ0) is 16.2. The number of carbonyl (C=O) groups excluding carboxylic acids is 2. The number of para-hydroxylation sites is 1. The molecule has 0 fully saturated rings. The minimum Gasteiger partial charge on any atom is -0.352 e. The Balaban J connectivity index is 1.78. The normalized spacial score (nSPS) is 14.2. The number of primary amides is 1. The van der Waals surface area contributed by atoms with E-state index in [-0.39, 0.29) is 12.3 Å². The van der Waals surface area contributed by atoms with Gasteiger partial charge in [-0.1, -0.05) is 48.5 Å². The Morgan fingerprint density at radius 2 is 1.78 bits per heavy atom. The highest BCUT2D eigenvalue weighted by Crippen LogP contribution is 2.29. The molecular formula is C18H19N3O2. The van der Waals surface area contributed by atoms with Crippen molar-refractivity contribution in [2.24, 2.45) is 5.73 Å². The van der Waals surface area contributed by atoms with Crippen LogP contribution in [0.25, 0.3) is 0 Å². The predicted octanol–water partition coefficient (Wildman–Crippen LogP) is 2.38. The van der Waals surface area contributed by atoms with Crippen LogP contribution in [-0.4, -0.2) is 18.5 Å². The highest BCUT2D eigenvalue weighted by molar-refractivity contribution is 5.96. The molecule has 0 aromatic heterocycles.